The van der Waals surface area contributed by atoms with E-state index in [1.807, 2.05) is 0 Å². The number of carbonyl (C=O) groups is 1. The fourth-order valence-electron chi connectivity index (χ4n) is 4.43. The van der Waals surface area contributed by atoms with Crippen molar-refractivity contribution in [3.63, 3.8) is 0 Å². The topological polar surface area (TPSA) is 32.3 Å². The predicted molar refractivity (Wildman–Crippen MR) is 102 cm³/mol. The second-order valence-corrected chi connectivity index (χ2v) is 8.31. The van der Waals surface area contributed by atoms with Crippen molar-refractivity contribution < 1.29 is 18.0 Å². The third-order valence-electron chi connectivity index (χ3n) is 5.80. The van der Waals surface area contributed by atoms with Crippen LogP contribution in [0.15, 0.2) is 23.1 Å². The Hall–Kier alpha value is -1.21. The Balaban J connectivity index is 1.56. The zero-order valence-corrected chi connectivity index (χ0v) is 16.5. The van der Waals surface area contributed by atoms with Gasteiger partial charge < -0.3 is 10.2 Å². The maximum Gasteiger partial charge on any atom is 0.416 e. The number of likely N-dealkylation sites (tertiary alicyclic amines) is 1. The molecule has 1 aliphatic heterocycles. The van der Waals surface area contributed by atoms with Crippen LogP contribution in [0.1, 0.15) is 54.4 Å². The molecule has 2 aliphatic rings. The summed E-state index contributed by atoms with van der Waals surface area (Å²) in [7, 11) is 0. The number of rotatable bonds is 6. The third-order valence-corrected chi connectivity index (χ3v) is 6.58. The highest BCUT2D eigenvalue weighted by Crippen LogP contribution is 2.35. The lowest BCUT2D eigenvalue weighted by Gasteiger charge is -2.29. The van der Waals surface area contributed by atoms with Gasteiger partial charge in [-0.25, -0.2) is 0 Å². The molecular formula is C20H27F3N2OS. The van der Waals surface area contributed by atoms with E-state index < -0.39 is 11.7 Å². The number of benzene rings is 1. The zero-order chi connectivity index (χ0) is 19.4. The van der Waals surface area contributed by atoms with Crippen molar-refractivity contribution in [1.82, 2.24) is 10.2 Å². The third kappa shape index (κ3) is 4.99. The molecular weight excluding hydrogens is 373 g/mol. The summed E-state index contributed by atoms with van der Waals surface area (Å²) in [5.41, 5.74) is -0.402. The summed E-state index contributed by atoms with van der Waals surface area (Å²) in [6.45, 7) is 2.95. The van der Waals surface area contributed by atoms with E-state index in [0.717, 1.165) is 30.3 Å². The van der Waals surface area contributed by atoms with Crippen LogP contribution in [0.4, 0.5) is 13.2 Å². The van der Waals surface area contributed by atoms with E-state index in [2.05, 4.69) is 10.2 Å². The number of nitrogens with one attached hydrogen (secondary N) is 1. The van der Waals surface area contributed by atoms with E-state index >= 15 is 0 Å². The molecule has 1 N–H and O–H groups in total. The van der Waals surface area contributed by atoms with Gasteiger partial charge in [-0.3, -0.25) is 4.79 Å². The maximum absolute atomic E-state index is 12.9. The highest BCUT2D eigenvalue weighted by molar-refractivity contribution is 7.98. The average Bonchev–Trinajstić information content (AvgIpc) is 3.31. The summed E-state index contributed by atoms with van der Waals surface area (Å²) in [6, 6.07) is 3.96. The molecule has 1 aliphatic carbocycles. The van der Waals surface area contributed by atoms with Crippen LogP contribution in [-0.4, -0.2) is 42.7 Å². The molecule has 27 heavy (non-hydrogen) atoms. The Bertz CT molecular complexity index is 659. The van der Waals surface area contributed by atoms with Crippen LogP contribution in [-0.2, 0) is 6.18 Å². The quantitative estimate of drug-likeness (QED) is 0.696. The molecule has 0 radical (unpaired) electrons. The molecule has 1 aromatic carbocycles. The number of hydrogen-bond acceptors (Lipinski definition) is 3. The summed E-state index contributed by atoms with van der Waals surface area (Å²) < 4.78 is 38.6. The predicted octanol–water partition coefficient (Wildman–Crippen LogP) is 4.81. The van der Waals surface area contributed by atoms with E-state index in [1.54, 1.807) is 6.26 Å². The van der Waals surface area contributed by atoms with Gasteiger partial charge in [-0.15, -0.1) is 11.8 Å². The number of carbonyl (C=O) groups excluding carboxylic acids is 1. The normalized spacial score (nSPS) is 23.7. The molecule has 1 saturated heterocycles. The lowest BCUT2D eigenvalue weighted by Crippen LogP contribution is -2.37. The Morgan fingerprint density at radius 2 is 1.96 bits per heavy atom. The fourth-order valence-corrected chi connectivity index (χ4v) is 5.05. The van der Waals surface area contributed by atoms with Gasteiger partial charge in [0.25, 0.3) is 5.91 Å². The fraction of sp³-hybridized carbons (Fsp3) is 0.650. The summed E-state index contributed by atoms with van der Waals surface area (Å²) in [5.74, 6) is 0.319. The molecule has 1 aromatic rings. The smallest absolute Gasteiger partial charge is 0.352 e. The second-order valence-electron chi connectivity index (χ2n) is 7.46. The lowest BCUT2D eigenvalue weighted by atomic mass is 9.98. The molecule has 1 saturated carbocycles. The number of halogens is 3. The standard InChI is InChI=1S/C20H27F3N2OS/c1-27-18-13-15(20(21,22)23)7-8-16(18)19(26)24-10-9-14-5-4-6-17(14)25-11-2-3-12-25/h7-8,13-14,17H,2-6,9-12H2,1H3,(H,24,26)/t14-,17-/m1/s1. The molecule has 3 nitrogen and oxygen atoms in total. The van der Waals surface area contributed by atoms with Gasteiger partial charge in [0.2, 0.25) is 0 Å². The molecule has 0 aromatic heterocycles. The van der Waals surface area contributed by atoms with Crippen molar-refractivity contribution in [2.75, 3.05) is 25.9 Å². The zero-order valence-electron chi connectivity index (χ0n) is 15.6. The van der Waals surface area contributed by atoms with Crippen LogP contribution >= 0.6 is 11.8 Å². The minimum atomic E-state index is -4.40. The van der Waals surface area contributed by atoms with Gasteiger partial charge in [0.05, 0.1) is 11.1 Å². The van der Waals surface area contributed by atoms with E-state index in [-0.39, 0.29) is 5.91 Å². The average molecular weight is 401 g/mol. The van der Waals surface area contributed by atoms with Crippen LogP contribution in [0.5, 0.6) is 0 Å². The van der Waals surface area contributed by atoms with Gasteiger partial charge >= 0.3 is 6.18 Å². The first kappa shape index (κ1) is 20.5. The highest BCUT2D eigenvalue weighted by Gasteiger charge is 2.33. The Kier molecular flexibility index (Phi) is 6.74. The summed E-state index contributed by atoms with van der Waals surface area (Å²) in [6.07, 6.45) is 4.48. The Labute approximate surface area is 163 Å². The summed E-state index contributed by atoms with van der Waals surface area (Å²) in [4.78, 5) is 15.4. The van der Waals surface area contributed by atoms with E-state index in [4.69, 9.17) is 0 Å². The molecule has 1 amide bonds. The highest BCUT2D eigenvalue weighted by atomic mass is 32.2. The van der Waals surface area contributed by atoms with Crippen molar-refractivity contribution >= 4 is 17.7 Å². The van der Waals surface area contributed by atoms with Crippen molar-refractivity contribution in [2.24, 2.45) is 5.92 Å². The number of amides is 1. The minimum absolute atomic E-state index is 0.288. The first-order valence-electron chi connectivity index (χ1n) is 9.67. The molecule has 0 unspecified atom stereocenters. The lowest BCUT2D eigenvalue weighted by molar-refractivity contribution is -0.137. The van der Waals surface area contributed by atoms with E-state index in [1.165, 1.54) is 51.3 Å². The SMILES string of the molecule is CSc1cc(C(F)(F)F)ccc1C(=O)NCC[C@H]1CCC[C@H]1N1CCCC1. The van der Waals surface area contributed by atoms with Crippen molar-refractivity contribution in [3.05, 3.63) is 29.3 Å². The van der Waals surface area contributed by atoms with Crippen LogP contribution in [0.3, 0.4) is 0 Å². The van der Waals surface area contributed by atoms with Gasteiger partial charge in [-0.05, 0) is 75.6 Å². The first-order valence-corrected chi connectivity index (χ1v) is 10.9. The molecule has 150 valence electrons. The molecule has 1 heterocycles. The van der Waals surface area contributed by atoms with Gasteiger partial charge in [0.1, 0.15) is 0 Å². The summed E-state index contributed by atoms with van der Waals surface area (Å²) >= 11 is 1.16. The number of hydrogen-bond donors (Lipinski definition) is 1. The molecule has 3 rings (SSSR count). The Morgan fingerprint density at radius 3 is 2.63 bits per heavy atom. The molecule has 7 heteroatoms. The largest absolute Gasteiger partial charge is 0.416 e. The molecule has 0 spiro atoms. The van der Waals surface area contributed by atoms with Crippen LogP contribution in [0, 0.1) is 5.92 Å². The maximum atomic E-state index is 12.9. The number of alkyl halides is 3. The van der Waals surface area contributed by atoms with E-state index in [0.29, 0.717) is 29.0 Å². The Morgan fingerprint density at radius 1 is 1.22 bits per heavy atom. The van der Waals surface area contributed by atoms with Crippen LogP contribution in [0.25, 0.3) is 0 Å². The molecule has 2 atom stereocenters. The molecule has 2 fully saturated rings. The van der Waals surface area contributed by atoms with Gasteiger partial charge in [-0.2, -0.15) is 13.2 Å². The molecule has 0 bridgehead atoms. The van der Waals surface area contributed by atoms with Gasteiger partial charge in [0, 0.05) is 17.5 Å². The second kappa shape index (κ2) is 8.86. The monoisotopic (exact) mass is 400 g/mol. The minimum Gasteiger partial charge on any atom is -0.352 e. The number of nitrogens with zero attached hydrogens (tertiary/aromatic N) is 1. The first-order chi connectivity index (χ1) is 12.9. The van der Waals surface area contributed by atoms with Gasteiger partial charge in [-0.1, -0.05) is 6.42 Å². The van der Waals surface area contributed by atoms with Crippen molar-refractivity contribution in [3.8, 4) is 0 Å². The van der Waals surface area contributed by atoms with E-state index in [9.17, 15) is 18.0 Å². The summed E-state index contributed by atoms with van der Waals surface area (Å²) in [5, 5.41) is 2.92. The van der Waals surface area contributed by atoms with Crippen molar-refractivity contribution in [1.29, 1.82) is 0 Å². The van der Waals surface area contributed by atoms with Crippen LogP contribution < -0.4 is 5.32 Å². The van der Waals surface area contributed by atoms with Gasteiger partial charge in [0.15, 0.2) is 0 Å². The number of thioether (sulfide) groups is 1. The van der Waals surface area contributed by atoms with Crippen molar-refractivity contribution in [2.45, 2.75) is 55.6 Å². The van der Waals surface area contributed by atoms with Crippen LogP contribution in [0.2, 0.25) is 0 Å².